The fraction of sp³-hybridized carbons (Fsp3) is 0.280. The number of piperidine rings is 1. The maximum atomic E-state index is 12.8. The Balaban J connectivity index is 1.29. The summed E-state index contributed by atoms with van der Waals surface area (Å²) in [6.45, 7) is 1.44. The molecular weight excluding hydrogens is 388 g/mol. The van der Waals surface area contributed by atoms with Crippen LogP contribution in [0.15, 0.2) is 65.7 Å². The standard InChI is InChI=1S/C25H24N4O2/c30-24-13-19(31-15-17-3-1-2-9-26-17)8-10-29(24)18-5-6-20-22(12-18)28-23-11-16-4-7-21(25(20)23)27-14-16/h1-3,5-6,8-10,12-13,16,21,27-28H,4,7,11,14-15H2. The Morgan fingerprint density at radius 3 is 2.90 bits per heavy atom. The van der Waals surface area contributed by atoms with E-state index in [2.05, 4.69) is 27.4 Å². The SMILES string of the molecule is O=c1cc(OCc2ccccn2)ccn1-c1ccc2c3c([nH]c2c1)CC1CCC3NC1. The van der Waals surface area contributed by atoms with Crippen molar-refractivity contribution in [2.75, 3.05) is 6.54 Å². The van der Waals surface area contributed by atoms with Crippen LogP contribution in [0.4, 0.5) is 0 Å². The Labute approximate surface area is 179 Å². The highest BCUT2D eigenvalue weighted by Crippen LogP contribution is 2.39. The molecule has 3 aromatic heterocycles. The highest BCUT2D eigenvalue weighted by atomic mass is 16.5. The topological polar surface area (TPSA) is 71.9 Å². The summed E-state index contributed by atoms with van der Waals surface area (Å²) in [6.07, 6.45) is 7.10. The smallest absolute Gasteiger partial charge is 0.258 e. The van der Waals surface area contributed by atoms with Crippen LogP contribution in [0.5, 0.6) is 5.75 Å². The predicted molar refractivity (Wildman–Crippen MR) is 120 cm³/mol. The summed E-state index contributed by atoms with van der Waals surface area (Å²) in [5.74, 6) is 1.26. The van der Waals surface area contributed by atoms with Gasteiger partial charge in [-0.2, -0.15) is 0 Å². The number of ether oxygens (including phenoxy) is 1. The lowest BCUT2D eigenvalue weighted by Crippen LogP contribution is -2.30. The van der Waals surface area contributed by atoms with E-state index in [-0.39, 0.29) is 5.56 Å². The minimum atomic E-state index is -0.119. The van der Waals surface area contributed by atoms with E-state index in [4.69, 9.17) is 4.74 Å². The van der Waals surface area contributed by atoms with E-state index < -0.39 is 0 Å². The number of hydrogen-bond donors (Lipinski definition) is 2. The molecule has 6 heteroatoms. The van der Waals surface area contributed by atoms with Gasteiger partial charge in [-0.15, -0.1) is 0 Å². The average molecular weight is 412 g/mol. The van der Waals surface area contributed by atoms with Crippen LogP contribution in [0.1, 0.15) is 35.8 Å². The molecule has 6 nitrogen and oxygen atoms in total. The van der Waals surface area contributed by atoms with Crippen LogP contribution in [-0.4, -0.2) is 21.1 Å². The zero-order valence-electron chi connectivity index (χ0n) is 17.2. The molecule has 3 aliphatic rings. The lowest BCUT2D eigenvalue weighted by Gasteiger charge is -2.25. The second kappa shape index (κ2) is 7.39. The van der Waals surface area contributed by atoms with Gasteiger partial charge in [-0.25, -0.2) is 0 Å². The number of fused-ring (bicyclic) bond motifs is 3. The number of H-pyrrole nitrogens is 1. The first kappa shape index (κ1) is 18.4. The number of aromatic nitrogens is 3. The zero-order chi connectivity index (χ0) is 20.8. The fourth-order valence-electron chi connectivity index (χ4n) is 5.00. The molecule has 5 heterocycles. The maximum Gasteiger partial charge on any atom is 0.258 e. The molecule has 4 aromatic rings. The third-order valence-corrected chi connectivity index (χ3v) is 6.54. The number of nitrogens with one attached hydrogen (secondary N) is 2. The molecule has 1 aliphatic carbocycles. The first-order valence-corrected chi connectivity index (χ1v) is 10.9. The number of hydrogen-bond acceptors (Lipinski definition) is 4. The van der Waals surface area contributed by atoms with Crippen LogP contribution < -0.4 is 15.6 Å². The minimum Gasteiger partial charge on any atom is -0.487 e. The van der Waals surface area contributed by atoms with Crippen molar-refractivity contribution in [3.63, 3.8) is 0 Å². The van der Waals surface area contributed by atoms with Crippen LogP contribution in [0, 0.1) is 5.92 Å². The van der Waals surface area contributed by atoms with E-state index in [0.29, 0.717) is 24.3 Å². The van der Waals surface area contributed by atoms with Crippen LogP contribution in [0.25, 0.3) is 16.6 Å². The number of benzene rings is 1. The van der Waals surface area contributed by atoms with Crippen molar-refractivity contribution in [2.24, 2.45) is 5.92 Å². The van der Waals surface area contributed by atoms with Crippen molar-refractivity contribution in [1.29, 1.82) is 0 Å². The molecule has 2 aliphatic heterocycles. The molecule has 156 valence electrons. The van der Waals surface area contributed by atoms with Gasteiger partial charge in [0.1, 0.15) is 12.4 Å². The molecular formula is C25H24N4O2. The van der Waals surface area contributed by atoms with Gasteiger partial charge in [0.25, 0.3) is 5.56 Å². The first-order valence-electron chi connectivity index (χ1n) is 10.9. The molecule has 7 rings (SSSR count). The monoisotopic (exact) mass is 412 g/mol. The Morgan fingerprint density at radius 1 is 1.13 bits per heavy atom. The lowest BCUT2D eigenvalue weighted by atomic mass is 9.95. The summed E-state index contributed by atoms with van der Waals surface area (Å²) < 4.78 is 7.40. The van der Waals surface area contributed by atoms with Crippen molar-refractivity contribution in [2.45, 2.75) is 31.9 Å². The van der Waals surface area contributed by atoms with E-state index in [1.54, 1.807) is 17.0 Å². The fourth-order valence-corrected chi connectivity index (χ4v) is 5.00. The Morgan fingerprint density at radius 2 is 2.10 bits per heavy atom. The first-order chi connectivity index (χ1) is 15.2. The molecule has 2 bridgehead atoms. The van der Waals surface area contributed by atoms with E-state index >= 15 is 0 Å². The van der Waals surface area contributed by atoms with Crippen molar-refractivity contribution >= 4 is 10.9 Å². The Kier molecular flexibility index (Phi) is 4.39. The van der Waals surface area contributed by atoms with Crippen LogP contribution >= 0.6 is 0 Å². The summed E-state index contributed by atoms with van der Waals surface area (Å²) in [5, 5.41) is 4.97. The average Bonchev–Trinajstić information content (AvgIpc) is 2.95. The number of pyridine rings is 2. The summed E-state index contributed by atoms with van der Waals surface area (Å²) in [6, 6.07) is 15.7. The second-order valence-corrected chi connectivity index (χ2v) is 8.54. The van der Waals surface area contributed by atoms with E-state index in [0.717, 1.165) is 29.9 Å². The molecule has 2 unspecified atom stereocenters. The molecule has 1 aromatic carbocycles. The third kappa shape index (κ3) is 3.33. The van der Waals surface area contributed by atoms with Gasteiger partial charge in [0.2, 0.25) is 0 Å². The highest BCUT2D eigenvalue weighted by Gasteiger charge is 2.31. The van der Waals surface area contributed by atoms with E-state index in [9.17, 15) is 4.79 Å². The van der Waals surface area contributed by atoms with Crippen molar-refractivity contribution in [3.05, 3.63) is 88.2 Å². The lowest BCUT2D eigenvalue weighted by molar-refractivity contribution is 0.300. The predicted octanol–water partition coefficient (Wildman–Crippen LogP) is 3.89. The van der Waals surface area contributed by atoms with Crippen LogP contribution in [-0.2, 0) is 13.0 Å². The van der Waals surface area contributed by atoms with Gasteiger partial charge in [0.15, 0.2) is 0 Å². The van der Waals surface area contributed by atoms with Gasteiger partial charge in [-0.05, 0) is 67.6 Å². The Bertz CT molecular complexity index is 1300. The molecule has 0 amide bonds. The Hall–Kier alpha value is -3.38. The summed E-state index contributed by atoms with van der Waals surface area (Å²) in [4.78, 5) is 20.7. The number of nitrogens with zero attached hydrogens (tertiary/aromatic N) is 2. The molecule has 2 atom stereocenters. The van der Waals surface area contributed by atoms with Crippen molar-refractivity contribution in [1.82, 2.24) is 19.9 Å². The molecule has 0 radical (unpaired) electrons. The van der Waals surface area contributed by atoms with E-state index in [1.807, 2.05) is 30.3 Å². The highest BCUT2D eigenvalue weighted by molar-refractivity contribution is 5.87. The molecule has 31 heavy (non-hydrogen) atoms. The largest absolute Gasteiger partial charge is 0.487 e. The van der Waals surface area contributed by atoms with Gasteiger partial charge in [-0.3, -0.25) is 14.3 Å². The quantitative estimate of drug-likeness (QED) is 0.533. The van der Waals surface area contributed by atoms with Gasteiger partial charge >= 0.3 is 0 Å². The van der Waals surface area contributed by atoms with Gasteiger partial charge in [0, 0.05) is 41.1 Å². The molecule has 2 N–H and O–H groups in total. The van der Waals surface area contributed by atoms with Crippen LogP contribution in [0.3, 0.4) is 0 Å². The minimum absolute atomic E-state index is 0.119. The number of rotatable bonds is 4. The van der Waals surface area contributed by atoms with Crippen molar-refractivity contribution < 1.29 is 4.74 Å². The van der Waals surface area contributed by atoms with Gasteiger partial charge < -0.3 is 15.0 Å². The van der Waals surface area contributed by atoms with Crippen LogP contribution in [0.2, 0.25) is 0 Å². The molecule has 1 fully saturated rings. The van der Waals surface area contributed by atoms with Gasteiger partial charge in [-0.1, -0.05) is 12.1 Å². The summed E-state index contributed by atoms with van der Waals surface area (Å²) in [7, 11) is 0. The third-order valence-electron chi connectivity index (χ3n) is 6.54. The number of aromatic amines is 1. The zero-order valence-corrected chi connectivity index (χ0v) is 17.2. The molecule has 0 saturated carbocycles. The van der Waals surface area contributed by atoms with Crippen molar-refractivity contribution in [3.8, 4) is 11.4 Å². The van der Waals surface area contributed by atoms with E-state index in [1.165, 1.54) is 35.6 Å². The summed E-state index contributed by atoms with van der Waals surface area (Å²) >= 11 is 0. The molecule has 1 saturated heterocycles. The molecule has 0 spiro atoms. The second-order valence-electron chi connectivity index (χ2n) is 8.54. The summed E-state index contributed by atoms with van der Waals surface area (Å²) in [5.41, 5.74) is 5.43. The maximum absolute atomic E-state index is 12.8. The van der Waals surface area contributed by atoms with Gasteiger partial charge in [0.05, 0.1) is 11.4 Å². The normalized spacial score (nSPS) is 19.9.